The molecule has 12 heavy (non-hydrogen) atoms. The van der Waals surface area contributed by atoms with Crippen LogP contribution in [0.4, 0.5) is 0 Å². The molecule has 1 atom stereocenters. The molecule has 1 rings (SSSR count). The van der Waals surface area contributed by atoms with E-state index >= 15 is 0 Å². The van der Waals surface area contributed by atoms with Gasteiger partial charge in [0, 0.05) is 12.2 Å². The SMILES string of the molecule is Cc1cccnc1C(N)C(C)C. The molecule has 0 bridgehead atoms. The second kappa shape index (κ2) is 3.68. The number of hydrogen-bond donors (Lipinski definition) is 1. The molecule has 0 aliphatic heterocycles. The van der Waals surface area contributed by atoms with Crippen molar-refractivity contribution in [2.75, 3.05) is 0 Å². The average Bonchev–Trinajstić information content (AvgIpc) is 2.04. The number of nitrogens with zero attached hydrogens (tertiary/aromatic N) is 1. The Bertz CT molecular complexity index is 256. The van der Waals surface area contributed by atoms with E-state index in [4.69, 9.17) is 5.73 Å². The molecule has 66 valence electrons. The van der Waals surface area contributed by atoms with E-state index in [1.807, 2.05) is 19.1 Å². The summed E-state index contributed by atoms with van der Waals surface area (Å²) in [6.45, 7) is 6.27. The molecule has 0 aliphatic carbocycles. The number of hydrogen-bond acceptors (Lipinski definition) is 2. The Kier molecular flexibility index (Phi) is 2.82. The summed E-state index contributed by atoms with van der Waals surface area (Å²) in [6.07, 6.45) is 1.80. The minimum Gasteiger partial charge on any atom is -0.322 e. The smallest absolute Gasteiger partial charge is 0.0602 e. The summed E-state index contributed by atoms with van der Waals surface area (Å²) in [6, 6.07) is 4.04. The predicted octanol–water partition coefficient (Wildman–Crippen LogP) is 2.05. The van der Waals surface area contributed by atoms with Gasteiger partial charge in [-0.1, -0.05) is 19.9 Å². The number of rotatable bonds is 2. The molecule has 0 radical (unpaired) electrons. The molecule has 0 aliphatic rings. The number of aromatic nitrogens is 1. The van der Waals surface area contributed by atoms with Crippen molar-refractivity contribution >= 4 is 0 Å². The Labute approximate surface area is 73.8 Å². The summed E-state index contributed by atoms with van der Waals surface area (Å²) in [4.78, 5) is 4.27. The van der Waals surface area contributed by atoms with Crippen LogP contribution in [0, 0.1) is 12.8 Å². The third-order valence-electron chi connectivity index (χ3n) is 2.08. The first-order chi connectivity index (χ1) is 5.63. The van der Waals surface area contributed by atoms with Crippen LogP contribution in [0.3, 0.4) is 0 Å². The highest BCUT2D eigenvalue weighted by Gasteiger charge is 2.12. The first-order valence-corrected chi connectivity index (χ1v) is 4.30. The van der Waals surface area contributed by atoms with Gasteiger partial charge in [-0.3, -0.25) is 4.98 Å². The van der Waals surface area contributed by atoms with Crippen LogP contribution in [-0.2, 0) is 0 Å². The van der Waals surface area contributed by atoms with E-state index in [2.05, 4.69) is 18.8 Å². The molecule has 0 saturated heterocycles. The van der Waals surface area contributed by atoms with Gasteiger partial charge in [-0.05, 0) is 24.5 Å². The van der Waals surface area contributed by atoms with Crippen LogP contribution in [0.25, 0.3) is 0 Å². The molecule has 2 N–H and O–H groups in total. The Morgan fingerprint density at radius 3 is 2.58 bits per heavy atom. The van der Waals surface area contributed by atoms with Gasteiger partial charge >= 0.3 is 0 Å². The highest BCUT2D eigenvalue weighted by atomic mass is 14.8. The standard InChI is InChI=1S/C10H16N2/c1-7(2)9(11)10-8(3)5-4-6-12-10/h4-7,9H,11H2,1-3H3. The minimum atomic E-state index is 0.0613. The van der Waals surface area contributed by atoms with Gasteiger partial charge in [0.15, 0.2) is 0 Å². The highest BCUT2D eigenvalue weighted by Crippen LogP contribution is 2.18. The van der Waals surface area contributed by atoms with Crippen LogP contribution < -0.4 is 5.73 Å². The highest BCUT2D eigenvalue weighted by molar-refractivity contribution is 5.20. The fourth-order valence-electron chi connectivity index (χ4n) is 1.16. The molecular weight excluding hydrogens is 148 g/mol. The third kappa shape index (κ3) is 1.83. The lowest BCUT2D eigenvalue weighted by molar-refractivity contribution is 0.501. The first-order valence-electron chi connectivity index (χ1n) is 4.30. The van der Waals surface area contributed by atoms with Crippen LogP contribution in [0.2, 0.25) is 0 Å². The van der Waals surface area contributed by atoms with Gasteiger partial charge in [-0.25, -0.2) is 0 Å². The molecule has 0 fully saturated rings. The predicted molar refractivity (Wildman–Crippen MR) is 50.7 cm³/mol. The maximum Gasteiger partial charge on any atom is 0.0602 e. The van der Waals surface area contributed by atoms with Gasteiger partial charge in [0.1, 0.15) is 0 Å². The zero-order valence-corrected chi connectivity index (χ0v) is 7.91. The van der Waals surface area contributed by atoms with Crippen LogP contribution in [0.15, 0.2) is 18.3 Å². The van der Waals surface area contributed by atoms with Crippen molar-refractivity contribution in [3.05, 3.63) is 29.6 Å². The summed E-state index contributed by atoms with van der Waals surface area (Å²) >= 11 is 0. The van der Waals surface area contributed by atoms with E-state index in [-0.39, 0.29) is 6.04 Å². The molecular formula is C10H16N2. The Balaban J connectivity index is 2.94. The van der Waals surface area contributed by atoms with E-state index in [0.29, 0.717) is 5.92 Å². The Morgan fingerprint density at radius 2 is 2.08 bits per heavy atom. The zero-order chi connectivity index (χ0) is 9.14. The lowest BCUT2D eigenvalue weighted by atomic mass is 9.99. The van der Waals surface area contributed by atoms with Crippen molar-refractivity contribution in [2.24, 2.45) is 11.7 Å². The second-order valence-corrected chi connectivity index (χ2v) is 3.48. The number of nitrogens with two attached hydrogens (primary N) is 1. The zero-order valence-electron chi connectivity index (χ0n) is 7.91. The van der Waals surface area contributed by atoms with Gasteiger partial charge in [0.2, 0.25) is 0 Å². The minimum absolute atomic E-state index is 0.0613. The molecule has 2 heteroatoms. The number of pyridine rings is 1. The molecule has 1 unspecified atom stereocenters. The van der Waals surface area contributed by atoms with Crippen LogP contribution >= 0.6 is 0 Å². The fraction of sp³-hybridized carbons (Fsp3) is 0.500. The van der Waals surface area contributed by atoms with E-state index in [9.17, 15) is 0 Å². The summed E-state index contributed by atoms with van der Waals surface area (Å²) in [5, 5.41) is 0. The lowest BCUT2D eigenvalue weighted by Gasteiger charge is -2.16. The molecule has 0 amide bonds. The molecule has 0 aromatic carbocycles. The Morgan fingerprint density at radius 1 is 1.42 bits per heavy atom. The summed E-state index contributed by atoms with van der Waals surface area (Å²) in [7, 11) is 0. The molecule has 1 heterocycles. The van der Waals surface area contributed by atoms with Crippen molar-refractivity contribution in [2.45, 2.75) is 26.8 Å². The van der Waals surface area contributed by atoms with Gasteiger partial charge in [-0.2, -0.15) is 0 Å². The summed E-state index contributed by atoms with van der Waals surface area (Å²) in [5.41, 5.74) is 8.18. The maximum atomic E-state index is 5.98. The van der Waals surface area contributed by atoms with Crippen molar-refractivity contribution < 1.29 is 0 Å². The van der Waals surface area contributed by atoms with Crippen LogP contribution in [0.5, 0.6) is 0 Å². The normalized spacial score (nSPS) is 13.4. The van der Waals surface area contributed by atoms with E-state index in [0.717, 1.165) is 5.69 Å². The lowest BCUT2D eigenvalue weighted by Crippen LogP contribution is -2.19. The third-order valence-corrected chi connectivity index (χ3v) is 2.08. The molecule has 0 saturated carbocycles. The van der Waals surface area contributed by atoms with Crippen LogP contribution in [0.1, 0.15) is 31.1 Å². The van der Waals surface area contributed by atoms with E-state index < -0.39 is 0 Å². The van der Waals surface area contributed by atoms with Crippen LogP contribution in [-0.4, -0.2) is 4.98 Å². The molecule has 1 aromatic rings. The van der Waals surface area contributed by atoms with Gasteiger partial charge < -0.3 is 5.73 Å². The van der Waals surface area contributed by atoms with E-state index in [1.165, 1.54) is 5.56 Å². The first kappa shape index (κ1) is 9.20. The fourth-order valence-corrected chi connectivity index (χ4v) is 1.16. The second-order valence-electron chi connectivity index (χ2n) is 3.48. The van der Waals surface area contributed by atoms with Gasteiger partial charge in [0.05, 0.1) is 5.69 Å². The van der Waals surface area contributed by atoms with Crippen molar-refractivity contribution in [1.82, 2.24) is 4.98 Å². The maximum absolute atomic E-state index is 5.98. The summed E-state index contributed by atoms with van der Waals surface area (Å²) in [5.74, 6) is 0.443. The molecule has 0 spiro atoms. The summed E-state index contributed by atoms with van der Waals surface area (Å²) < 4.78 is 0. The van der Waals surface area contributed by atoms with Crippen molar-refractivity contribution in [3.63, 3.8) is 0 Å². The van der Waals surface area contributed by atoms with Gasteiger partial charge in [-0.15, -0.1) is 0 Å². The van der Waals surface area contributed by atoms with Crippen molar-refractivity contribution in [1.29, 1.82) is 0 Å². The van der Waals surface area contributed by atoms with E-state index in [1.54, 1.807) is 6.20 Å². The monoisotopic (exact) mass is 164 g/mol. The Hall–Kier alpha value is -0.890. The number of aryl methyl sites for hydroxylation is 1. The topological polar surface area (TPSA) is 38.9 Å². The van der Waals surface area contributed by atoms with Crippen molar-refractivity contribution in [3.8, 4) is 0 Å². The quantitative estimate of drug-likeness (QED) is 0.726. The molecule has 1 aromatic heterocycles. The molecule has 2 nitrogen and oxygen atoms in total. The van der Waals surface area contributed by atoms with Gasteiger partial charge in [0.25, 0.3) is 0 Å². The largest absolute Gasteiger partial charge is 0.322 e. The average molecular weight is 164 g/mol.